The van der Waals surface area contributed by atoms with Crippen molar-refractivity contribution in [3.8, 4) is 11.3 Å². The molecule has 3 aromatic rings. The van der Waals surface area contributed by atoms with E-state index in [4.69, 9.17) is 23.2 Å². The van der Waals surface area contributed by atoms with Gasteiger partial charge in [-0.15, -0.1) is 0 Å². The molecule has 0 bridgehead atoms. The molecule has 0 aliphatic rings. The van der Waals surface area contributed by atoms with Crippen LogP contribution in [0.4, 0.5) is 4.39 Å². The van der Waals surface area contributed by atoms with Crippen molar-refractivity contribution in [1.29, 1.82) is 0 Å². The summed E-state index contributed by atoms with van der Waals surface area (Å²) in [7, 11) is 0. The third-order valence-electron chi connectivity index (χ3n) is 3.29. The lowest BCUT2D eigenvalue weighted by molar-refractivity contribution is 0.0950. The second kappa shape index (κ2) is 7.46. The van der Waals surface area contributed by atoms with Crippen molar-refractivity contribution >= 4 is 35.3 Å². The van der Waals surface area contributed by atoms with Crippen LogP contribution < -0.4 is 5.43 Å². The number of carbonyl (C=O) groups excluding carboxylic acids is 1. The third-order valence-corrected chi connectivity index (χ3v) is 4.03. The van der Waals surface area contributed by atoms with E-state index >= 15 is 0 Å². The highest BCUT2D eigenvalue weighted by Crippen LogP contribution is 2.27. The molecule has 0 saturated heterocycles. The quantitative estimate of drug-likeness (QED) is 0.526. The number of carbonyl (C=O) groups is 1. The fraction of sp³-hybridized carbons (Fsp3) is 0. The van der Waals surface area contributed by atoms with Gasteiger partial charge in [0.05, 0.1) is 22.0 Å². The van der Waals surface area contributed by atoms with Gasteiger partial charge >= 0.3 is 0 Å². The molecule has 0 aliphatic carbocycles. The predicted octanol–water partition coefficient (Wildman–Crippen LogP) is 4.29. The molecule has 5 nitrogen and oxygen atoms in total. The Balaban J connectivity index is 1.68. The molecule has 0 radical (unpaired) electrons. The molecule has 1 amide bonds. The molecule has 126 valence electrons. The molecule has 2 aromatic carbocycles. The van der Waals surface area contributed by atoms with Crippen molar-refractivity contribution < 1.29 is 9.18 Å². The maximum atomic E-state index is 12.8. The molecule has 0 aliphatic heterocycles. The summed E-state index contributed by atoms with van der Waals surface area (Å²) in [4.78, 5) is 12.1. The van der Waals surface area contributed by atoms with Crippen LogP contribution in [0, 0.1) is 5.82 Å². The van der Waals surface area contributed by atoms with Gasteiger partial charge in [0, 0.05) is 5.56 Å². The summed E-state index contributed by atoms with van der Waals surface area (Å²) in [6.45, 7) is 0. The predicted molar refractivity (Wildman–Crippen MR) is 95.5 cm³/mol. The first-order valence-electron chi connectivity index (χ1n) is 7.13. The first-order valence-corrected chi connectivity index (χ1v) is 7.88. The summed E-state index contributed by atoms with van der Waals surface area (Å²) in [5.41, 5.74) is 4.52. The van der Waals surface area contributed by atoms with E-state index in [1.54, 1.807) is 36.4 Å². The number of H-pyrrole nitrogens is 1. The number of nitrogens with zero attached hydrogens (tertiary/aromatic N) is 2. The van der Waals surface area contributed by atoms with Crippen LogP contribution in [0.5, 0.6) is 0 Å². The number of amides is 1. The van der Waals surface area contributed by atoms with E-state index in [0.717, 1.165) is 5.56 Å². The van der Waals surface area contributed by atoms with Gasteiger partial charge < -0.3 is 0 Å². The Bertz CT molecular complexity index is 938. The van der Waals surface area contributed by atoms with Gasteiger partial charge in [0.2, 0.25) is 0 Å². The molecule has 0 fully saturated rings. The van der Waals surface area contributed by atoms with Crippen molar-refractivity contribution in [3.05, 3.63) is 75.7 Å². The largest absolute Gasteiger partial charge is 0.289 e. The zero-order valence-electron chi connectivity index (χ0n) is 12.6. The number of rotatable bonds is 4. The van der Waals surface area contributed by atoms with Crippen LogP contribution in [-0.2, 0) is 0 Å². The summed E-state index contributed by atoms with van der Waals surface area (Å²) in [5, 5.41) is 11.4. The van der Waals surface area contributed by atoms with Crippen LogP contribution in [0.3, 0.4) is 0 Å². The summed E-state index contributed by atoms with van der Waals surface area (Å²) in [6, 6.07) is 12.3. The third kappa shape index (κ3) is 4.23. The molecular formula is C17H11Cl2FN4O. The minimum absolute atomic E-state index is 0.234. The number of benzene rings is 2. The maximum Gasteiger partial charge on any atom is 0.289 e. The average molecular weight is 377 g/mol. The SMILES string of the molecule is O=C(N/N=C/c1ccc(F)cc1)c1cc(-c2ccc(Cl)c(Cl)c2)n[nH]1. The Kier molecular flexibility index (Phi) is 5.11. The summed E-state index contributed by atoms with van der Waals surface area (Å²) in [6.07, 6.45) is 1.41. The van der Waals surface area contributed by atoms with Crippen LogP contribution in [0.25, 0.3) is 11.3 Å². The Morgan fingerprint density at radius 3 is 2.60 bits per heavy atom. The lowest BCUT2D eigenvalue weighted by Gasteiger charge is -1.99. The van der Waals surface area contributed by atoms with Crippen molar-refractivity contribution in [2.45, 2.75) is 0 Å². The van der Waals surface area contributed by atoms with Gasteiger partial charge in [-0.2, -0.15) is 10.2 Å². The molecule has 25 heavy (non-hydrogen) atoms. The van der Waals surface area contributed by atoms with E-state index in [-0.39, 0.29) is 11.5 Å². The van der Waals surface area contributed by atoms with E-state index in [1.165, 1.54) is 18.3 Å². The van der Waals surface area contributed by atoms with Crippen molar-refractivity contribution in [2.24, 2.45) is 5.10 Å². The van der Waals surface area contributed by atoms with Crippen LogP contribution in [-0.4, -0.2) is 22.3 Å². The zero-order chi connectivity index (χ0) is 17.8. The fourth-order valence-electron chi connectivity index (χ4n) is 2.02. The second-order valence-electron chi connectivity index (χ2n) is 5.05. The smallest absolute Gasteiger partial charge is 0.272 e. The topological polar surface area (TPSA) is 70.1 Å². The molecule has 1 aromatic heterocycles. The molecule has 8 heteroatoms. The Morgan fingerprint density at radius 2 is 1.88 bits per heavy atom. The summed E-state index contributed by atoms with van der Waals surface area (Å²) < 4.78 is 12.8. The van der Waals surface area contributed by atoms with Crippen molar-refractivity contribution in [3.63, 3.8) is 0 Å². The van der Waals surface area contributed by atoms with Gasteiger partial charge in [-0.25, -0.2) is 9.82 Å². The number of halogens is 3. The van der Waals surface area contributed by atoms with E-state index in [1.807, 2.05) is 0 Å². The average Bonchev–Trinajstić information content (AvgIpc) is 3.09. The molecule has 1 heterocycles. The van der Waals surface area contributed by atoms with Gasteiger partial charge in [0.1, 0.15) is 11.5 Å². The van der Waals surface area contributed by atoms with E-state index < -0.39 is 5.91 Å². The van der Waals surface area contributed by atoms with Crippen LogP contribution in [0.2, 0.25) is 10.0 Å². The number of aromatic nitrogens is 2. The number of hydrogen-bond donors (Lipinski definition) is 2. The highest BCUT2D eigenvalue weighted by Gasteiger charge is 2.11. The fourth-order valence-corrected chi connectivity index (χ4v) is 2.31. The van der Waals surface area contributed by atoms with E-state index in [0.29, 0.717) is 21.3 Å². The maximum absolute atomic E-state index is 12.8. The van der Waals surface area contributed by atoms with Gasteiger partial charge in [-0.1, -0.05) is 41.4 Å². The Morgan fingerprint density at radius 1 is 1.12 bits per heavy atom. The monoisotopic (exact) mass is 376 g/mol. The van der Waals surface area contributed by atoms with Gasteiger partial charge in [0.15, 0.2) is 0 Å². The zero-order valence-corrected chi connectivity index (χ0v) is 14.1. The Hall–Kier alpha value is -2.70. The molecule has 2 N–H and O–H groups in total. The molecule has 0 spiro atoms. The molecule has 0 saturated carbocycles. The molecule has 0 unspecified atom stereocenters. The van der Waals surface area contributed by atoms with Crippen molar-refractivity contribution in [1.82, 2.24) is 15.6 Å². The van der Waals surface area contributed by atoms with Crippen LogP contribution in [0.15, 0.2) is 53.6 Å². The minimum Gasteiger partial charge on any atom is -0.272 e. The molecule has 0 atom stereocenters. The van der Waals surface area contributed by atoms with Gasteiger partial charge in [-0.05, 0) is 35.9 Å². The molecular weight excluding hydrogens is 366 g/mol. The summed E-state index contributed by atoms with van der Waals surface area (Å²) in [5.74, 6) is -0.800. The number of hydrogen-bond acceptors (Lipinski definition) is 3. The minimum atomic E-state index is -0.461. The number of hydrazone groups is 1. The first-order chi connectivity index (χ1) is 12.0. The van der Waals surface area contributed by atoms with Crippen LogP contribution >= 0.6 is 23.2 Å². The number of nitrogens with one attached hydrogen (secondary N) is 2. The lowest BCUT2D eigenvalue weighted by Crippen LogP contribution is -2.17. The lowest BCUT2D eigenvalue weighted by atomic mass is 10.1. The van der Waals surface area contributed by atoms with E-state index in [2.05, 4.69) is 20.7 Å². The molecule has 3 rings (SSSR count). The first kappa shape index (κ1) is 17.1. The van der Waals surface area contributed by atoms with Crippen molar-refractivity contribution in [2.75, 3.05) is 0 Å². The second-order valence-corrected chi connectivity index (χ2v) is 5.86. The van der Waals surface area contributed by atoms with Gasteiger partial charge in [-0.3, -0.25) is 9.89 Å². The Labute approximate surface area is 152 Å². The summed E-state index contributed by atoms with van der Waals surface area (Å²) >= 11 is 11.9. The van der Waals surface area contributed by atoms with Crippen LogP contribution in [0.1, 0.15) is 16.1 Å². The number of aromatic amines is 1. The highest BCUT2D eigenvalue weighted by atomic mass is 35.5. The highest BCUT2D eigenvalue weighted by molar-refractivity contribution is 6.42. The van der Waals surface area contributed by atoms with Gasteiger partial charge in [0.25, 0.3) is 5.91 Å². The standard InChI is InChI=1S/C17H11Cl2FN4O/c18-13-6-3-11(7-14(13)19)15-8-16(23-22-15)17(25)24-21-9-10-1-4-12(20)5-2-10/h1-9H,(H,22,23)(H,24,25)/b21-9+. The normalized spacial score (nSPS) is 11.0. The van der Waals surface area contributed by atoms with E-state index in [9.17, 15) is 9.18 Å².